The quantitative estimate of drug-likeness (QED) is 0.538. The molecular formula is C6H10O5. The van der Waals surface area contributed by atoms with Crippen LogP contribution in [-0.4, -0.2) is 34.9 Å². The van der Waals surface area contributed by atoms with E-state index in [0.717, 1.165) is 0 Å². The van der Waals surface area contributed by atoms with Crippen LogP contribution in [0.15, 0.2) is 0 Å². The molecule has 0 aliphatic rings. The summed E-state index contributed by atoms with van der Waals surface area (Å²) in [6.07, 6.45) is -1.52. The molecule has 0 spiro atoms. The van der Waals surface area contributed by atoms with Crippen molar-refractivity contribution in [3.05, 3.63) is 0 Å². The van der Waals surface area contributed by atoms with Gasteiger partial charge in [0, 0.05) is 6.92 Å². The van der Waals surface area contributed by atoms with Crippen molar-refractivity contribution in [3.8, 4) is 0 Å². The molecule has 1 unspecified atom stereocenters. The number of carboxylic acid groups (broad SMARTS) is 1. The van der Waals surface area contributed by atoms with Crippen LogP contribution >= 0.6 is 0 Å². The number of hydrogen-bond acceptors (Lipinski definition) is 4. The van der Waals surface area contributed by atoms with Gasteiger partial charge in [-0.25, -0.2) is 0 Å². The van der Waals surface area contributed by atoms with Crippen LogP contribution in [-0.2, 0) is 14.3 Å². The molecule has 0 saturated carbocycles. The Hall–Kier alpha value is -1.10. The normalized spacial score (nSPS) is 12.2. The smallest absolute Gasteiger partial charge is 0.306 e. The molecule has 0 bridgehead atoms. The molecule has 5 heteroatoms. The summed E-state index contributed by atoms with van der Waals surface area (Å²) in [5.41, 5.74) is 0. The third-order valence-electron chi connectivity index (χ3n) is 0.889. The van der Waals surface area contributed by atoms with Crippen molar-refractivity contribution in [2.24, 2.45) is 0 Å². The number of rotatable bonds is 4. The van der Waals surface area contributed by atoms with Crippen LogP contribution in [0.5, 0.6) is 0 Å². The molecule has 0 radical (unpaired) electrons. The fraction of sp³-hybridized carbons (Fsp3) is 0.667. The van der Waals surface area contributed by atoms with E-state index in [1.54, 1.807) is 0 Å². The van der Waals surface area contributed by atoms with Crippen LogP contribution in [0.1, 0.15) is 13.3 Å². The van der Waals surface area contributed by atoms with E-state index in [1.807, 2.05) is 0 Å². The highest BCUT2D eigenvalue weighted by Crippen LogP contribution is 1.92. The number of aliphatic carboxylic acids is 1. The number of hydrogen-bond donors (Lipinski definition) is 2. The molecular weight excluding hydrogens is 152 g/mol. The van der Waals surface area contributed by atoms with Crippen LogP contribution < -0.4 is 0 Å². The molecule has 11 heavy (non-hydrogen) atoms. The standard InChI is InChI=1S/C6H10O5/c1-4(7)11-3-5(8)2-6(9)10/h5,8H,2-3H2,1H3,(H,9,10). The zero-order valence-corrected chi connectivity index (χ0v) is 6.11. The molecule has 0 heterocycles. The van der Waals surface area contributed by atoms with Gasteiger partial charge < -0.3 is 14.9 Å². The lowest BCUT2D eigenvalue weighted by atomic mass is 10.3. The van der Waals surface area contributed by atoms with Crippen molar-refractivity contribution < 1.29 is 24.5 Å². The molecule has 0 aliphatic carbocycles. The SMILES string of the molecule is CC(=O)OCC(O)CC(=O)O. The van der Waals surface area contributed by atoms with Gasteiger partial charge in [-0.05, 0) is 0 Å². The van der Waals surface area contributed by atoms with Crippen LogP contribution in [0.3, 0.4) is 0 Å². The Balaban J connectivity index is 3.44. The van der Waals surface area contributed by atoms with E-state index in [9.17, 15) is 9.59 Å². The Kier molecular flexibility index (Phi) is 4.21. The van der Waals surface area contributed by atoms with Gasteiger partial charge in [-0.2, -0.15) is 0 Å². The summed E-state index contributed by atoms with van der Waals surface area (Å²) in [6, 6.07) is 0. The topological polar surface area (TPSA) is 83.8 Å². The first-order valence-electron chi connectivity index (χ1n) is 3.05. The number of aliphatic hydroxyl groups is 1. The van der Waals surface area contributed by atoms with Crippen molar-refractivity contribution in [2.75, 3.05) is 6.61 Å². The van der Waals surface area contributed by atoms with Gasteiger partial charge in [-0.1, -0.05) is 0 Å². The number of esters is 1. The molecule has 0 aromatic rings. The van der Waals surface area contributed by atoms with E-state index in [4.69, 9.17) is 10.2 Å². The van der Waals surface area contributed by atoms with Gasteiger partial charge in [0.15, 0.2) is 0 Å². The Morgan fingerprint density at radius 3 is 2.45 bits per heavy atom. The minimum atomic E-state index is -1.12. The third kappa shape index (κ3) is 6.79. The van der Waals surface area contributed by atoms with Crippen molar-refractivity contribution in [2.45, 2.75) is 19.4 Å². The first kappa shape index (κ1) is 9.90. The maximum absolute atomic E-state index is 10.2. The molecule has 2 N–H and O–H groups in total. The lowest BCUT2D eigenvalue weighted by Gasteiger charge is -2.06. The Labute approximate surface area is 63.6 Å². The van der Waals surface area contributed by atoms with Gasteiger partial charge in [0.1, 0.15) is 6.61 Å². The fourth-order valence-electron chi connectivity index (χ4n) is 0.474. The summed E-state index contributed by atoms with van der Waals surface area (Å²) in [7, 11) is 0. The Bertz CT molecular complexity index is 153. The van der Waals surface area contributed by atoms with Crippen LogP contribution in [0.4, 0.5) is 0 Å². The first-order chi connectivity index (χ1) is 5.02. The predicted molar refractivity (Wildman–Crippen MR) is 34.9 cm³/mol. The molecule has 0 saturated heterocycles. The molecule has 0 fully saturated rings. The van der Waals surface area contributed by atoms with Crippen molar-refractivity contribution in [1.82, 2.24) is 0 Å². The summed E-state index contributed by atoms with van der Waals surface area (Å²) in [4.78, 5) is 20.1. The molecule has 0 aromatic heterocycles. The van der Waals surface area contributed by atoms with E-state index < -0.39 is 24.5 Å². The van der Waals surface area contributed by atoms with Gasteiger partial charge in [0.05, 0.1) is 12.5 Å². The maximum atomic E-state index is 10.2. The zero-order valence-electron chi connectivity index (χ0n) is 6.11. The molecule has 1 atom stereocenters. The highest BCUT2D eigenvalue weighted by Gasteiger charge is 2.10. The molecule has 0 aliphatic heterocycles. The highest BCUT2D eigenvalue weighted by molar-refractivity contribution is 5.68. The van der Waals surface area contributed by atoms with Gasteiger partial charge in [-0.15, -0.1) is 0 Å². The van der Waals surface area contributed by atoms with E-state index in [0.29, 0.717) is 0 Å². The lowest BCUT2D eigenvalue weighted by Crippen LogP contribution is -2.20. The summed E-state index contributed by atoms with van der Waals surface area (Å²) in [6.45, 7) is 0.926. The third-order valence-corrected chi connectivity index (χ3v) is 0.889. The molecule has 5 nitrogen and oxygen atoms in total. The minimum Gasteiger partial charge on any atom is -0.481 e. The summed E-state index contributed by atoms with van der Waals surface area (Å²) < 4.78 is 4.35. The van der Waals surface area contributed by atoms with E-state index >= 15 is 0 Å². The predicted octanol–water partition coefficient (Wildman–Crippen LogP) is -0.615. The van der Waals surface area contributed by atoms with Crippen LogP contribution in [0, 0.1) is 0 Å². The zero-order chi connectivity index (χ0) is 8.85. The van der Waals surface area contributed by atoms with Crippen molar-refractivity contribution in [1.29, 1.82) is 0 Å². The van der Waals surface area contributed by atoms with E-state index in [2.05, 4.69) is 4.74 Å². The van der Waals surface area contributed by atoms with E-state index in [-0.39, 0.29) is 6.61 Å². The second-order valence-corrected chi connectivity index (χ2v) is 2.05. The monoisotopic (exact) mass is 162 g/mol. The number of aliphatic hydroxyl groups excluding tert-OH is 1. The van der Waals surface area contributed by atoms with Gasteiger partial charge in [0.25, 0.3) is 0 Å². The lowest BCUT2D eigenvalue weighted by molar-refractivity contribution is -0.148. The Morgan fingerprint density at radius 2 is 2.09 bits per heavy atom. The first-order valence-corrected chi connectivity index (χ1v) is 3.05. The van der Waals surface area contributed by atoms with Crippen LogP contribution in [0.2, 0.25) is 0 Å². The van der Waals surface area contributed by atoms with Crippen LogP contribution in [0.25, 0.3) is 0 Å². The number of carboxylic acids is 1. The Morgan fingerprint density at radius 1 is 1.55 bits per heavy atom. The maximum Gasteiger partial charge on any atom is 0.306 e. The van der Waals surface area contributed by atoms with E-state index in [1.165, 1.54) is 6.92 Å². The summed E-state index contributed by atoms with van der Waals surface area (Å²) in [5, 5.41) is 17.0. The number of carbonyl (C=O) groups is 2. The molecule has 64 valence electrons. The van der Waals surface area contributed by atoms with Crippen molar-refractivity contribution >= 4 is 11.9 Å². The molecule has 0 rings (SSSR count). The molecule has 0 amide bonds. The fourth-order valence-corrected chi connectivity index (χ4v) is 0.474. The van der Waals surface area contributed by atoms with Gasteiger partial charge in [0.2, 0.25) is 0 Å². The minimum absolute atomic E-state index is 0.262. The summed E-state index contributed by atoms with van der Waals surface area (Å²) >= 11 is 0. The highest BCUT2D eigenvalue weighted by atomic mass is 16.5. The second-order valence-electron chi connectivity index (χ2n) is 2.05. The largest absolute Gasteiger partial charge is 0.481 e. The molecule has 0 aromatic carbocycles. The average molecular weight is 162 g/mol. The summed E-state index contributed by atoms with van der Waals surface area (Å²) in [5.74, 6) is -1.65. The average Bonchev–Trinajstić information content (AvgIpc) is 1.82. The van der Waals surface area contributed by atoms with Gasteiger partial charge in [-0.3, -0.25) is 9.59 Å². The van der Waals surface area contributed by atoms with Gasteiger partial charge >= 0.3 is 11.9 Å². The number of carbonyl (C=O) groups excluding carboxylic acids is 1. The number of ether oxygens (including phenoxy) is 1. The second kappa shape index (κ2) is 4.68. The van der Waals surface area contributed by atoms with Crippen molar-refractivity contribution in [3.63, 3.8) is 0 Å².